The lowest BCUT2D eigenvalue weighted by Gasteiger charge is -2.26. The number of nitrogens with one attached hydrogen (secondary N) is 1. The summed E-state index contributed by atoms with van der Waals surface area (Å²) in [5.74, 6) is 0. The molecule has 1 saturated heterocycles. The van der Waals surface area contributed by atoms with Crippen LogP contribution in [0.25, 0.3) is 0 Å². The molecule has 0 spiro atoms. The molecule has 0 saturated carbocycles. The molecule has 17 heavy (non-hydrogen) atoms. The molecule has 0 unspecified atom stereocenters. The van der Waals surface area contributed by atoms with Crippen LogP contribution in [-0.4, -0.2) is 54.6 Å². The molecule has 3 rings (SSSR count). The van der Waals surface area contributed by atoms with E-state index in [0.29, 0.717) is 0 Å². The van der Waals surface area contributed by atoms with Crippen LogP contribution in [0, 0.1) is 0 Å². The maximum absolute atomic E-state index is 4.81. The molecular weight excluding hydrogens is 232 g/mol. The normalized spacial score (nSPS) is 22.6. The smallest absolute Gasteiger partial charge is 0.107 e. The molecular formula is C12H20N4S. The highest BCUT2D eigenvalue weighted by Gasteiger charge is 2.19. The van der Waals surface area contributed by atoms with Crippen molar-refractivity contribution >= 4 is 11.3 Å². The van der Waals surface area contributed by atoms with Crippen molar-refractivity contribution in [3.05, 3.63) is 15.6 Å². The Hall–Kier alpha value is -0.490. The van der Waals surface area contributed by atoms with Crippen molar-refractivity contribution < 1.29 is 0 Å². The first kappa shape index (κ1) is 11.6. The fourth-order valence-electron chi connectivity index (χ4n) is 2.50. The lowest BCUT2D eigenvalue weighted by molar-refractivity contribution is 0.233. The van der Waals surface area contributed by atoms with Crippen LogP contribution in [0.4, 0.5) is 0 Å². The summed E-state index contributed by atoms with van der Waals surface area (Å²) in [6, 6.07) is 0. The number of aromatic nitrogens is 1. The summed E-state index contributed by atoms with van der Waals surface area (Å²) in [6.45, 7) is 7.84. The van der Waals surface area contributed by atoms with Gasteiger partial charge in [0.15, 0.2) is 0 Å². The van der Waals surface area contributed by atoms with Gasteiger partial charge in [-0.1, -0.05) is 0 Å². The number of hydrogen-bond donors (Lipinski definition) is 1. The van der Waals surface area contributed by atoms with Crippen molar-refractivity contribution in [1.29, 1.82) is 0 Å². The van der Waals surface area contributed by atoms with Crippen molar-refractivity contribution in [2.24, 2.45) is 0 Å². The third-order valence-corrected chi connectivity index (χ3v) is 4.60. The van der Waals surface area contributed by atoms with Gasteiger partial charge in [-0.3, -0.25) is 4.90 Å². The maximum Gasteiger partial charge on any atom is 0.107 e. The average molecular weight is 252 g/mol. The molecule has 0 atom stereocenters. The molecule has 0 radical (unpaired) electrons. The first-order valence-electron chi connectivity index (χ1n) is 6.40. The number of fused-ring (bicyclic) bond motifs is 1. The largest absolute Gasteiger partial charge is 0.314 e. The Morgan fingerprint density at radius 2 is 2.12 bits per heavy atom. The van der Waals surface area contributed by atoms with Gasteiger partial charge in [-0.05, 0) is 7.05 Å². The zero-order chi connectivity index (χ0) is 11.7. The summed E-state index contributed by atoms with van der Waals surface area (Å²) in [5.41, 5.74) is 1.36. The lowest BCUT2D eigenvalue weighted by atomic mass is 10.2. The molecule has 5 heteroatoms. The molecule has 3 heterocycles. The number of piperazine rings is 1. The van der Waals surface area contributed by atoms with E-state index in [1.807, 2.05) is 11.3 Å². The highest BCUT2D eigenvalue weighted by atomic mass is 32.1. The molecule has 94 valence electrons. The molecule has 0 amide bonds. The summed E-state index contributed by atoms with van der Waals surface area (Å²) < 4.78 is 0. The monoisotopic (exact) mass is 252 g/mol. The van der Waals surface area contributed by atoms with Crippen molar-refractivity contribution in [2.75, 3.05) is 39.8 Å². The topological polar surface area (TPSA) is 31.4 Å². The summed E-state index contributed by atoms with van der Waals surface area (Å²) in [4.78, 5) is 11.2. The van der Waals surface area contributed by atoms with Crippen LogP contribution in [0.15, 0.2) is 0 Å². The van der Waals surface area contributed by atoms with Crippen LogP contribution in [-0.2, 0) is 19.5 Å². The number of nitrogens with zero attached hydrogens (tertiary/aromatic N) is 3. The number of rotatable bonds is 2. The van der Waals surface area contributed by atoms with Crippen LogP contribution in [0.1, 0.15) is 15.6 Å². The van der Waals surface area contributed by atoms with Crippen LogP contribution in [0.3, 0.4) is 0 Å². The average Bonchev–Trinajstić information content (AvgIpc) is 2.71. The first-order valence-corrected chi connectivity index (χ1v) is 7.22. The maximum atomic E-state index is 4.81. The summed E-state index contributed by atoms with van der Waals surface area (Å²) in [6.07, 6.45) is 1.13. The minimum Gasteiger partial charge on any atom is -0.314 e. The summed E-state index contributed by atoms with van der Waals surface area (Å²) in [7, 11) is 2.19. The SMILES string of the molecule is CN1CCc2nc(CN3CCNCC3)sc2C1. The van der Waals surface area contributed by atoms with E-state index in [-0.39, 0.29) is 0 Å². The summed E-state index contributed by atoms with van der Waals surface area (Å²) >= 11 is 1.92. The van der Waals surface area contributed by atoms with Crippen molar-refractivity contribution in [3.8, 4) is 0 Å². The molecule has 2 aliphatic heterocycles. The number of hydrogen-bond acceptors (Lipinski definition) is 5. The highest BCUT2D eigenvalue weighted by Crippen LogP contribution is 2.25. The second-order valence-corrected chi connectivity index (χ2v) is 6.16. The Labute approximate surface area is 107 Å². The second-order valence-electron chi connectivity index (χ2n) is 4.99. The molecule has 2 aliphatic rings. The minimum atomic E-state index is 1.04. The van der Waals surface area contributed by atoms with Gasteiger partial charge >= 0.3 is 0 Å². The van der Waals surface area contributed by atoms with Crippen molar-refractivity contribution in [1.82, 2.24) is 20.1 Å². The molecule has 4 nitrogen and oxygen atoms in total. The van der Waals surface area contributed by atoms with Crippen LogP contribution in [0.2, 0.25) is 0 Å². The third-order valence-electron chi connectivity index (χ3n) is 3.53. The molecule has 1 N–H and O–H groups in total. The van der Waals surface area contributed by atoms with Gasteiger partial charge in [0.05, 0.1) is 12.2 Å². The Morgan fingerprint density at radius 1 is 1.29 bits per heavy atom. The Bertz CT molecular complexity index is 384. The molecule has 1 aromatic rings. The predicted octanol–water partition coefficient (Wildman–Crippen LogP) is 0.536. The Balaban J connectivity index is 1.67. The Kier molecular flexibility index (Phi) is 3.42. The van der Waals surface area contributed by atoms with Gasteiger partial charge in [0.2, 0.25) is 0 Å². The van der Waals surface area contributed by atoms with Crippen LogP contribution in [0.5, 0.6) is 0 Å². The Morgan fingerprint density at radius 3 is 2.94 bits per heavy atom. The molecule has 1 fully saturated rings. The van der Waals surface area contributed by atoms with E-state index >= 15 is 0 Å². The van der Waals surface area contributed by atoms with Crippen LogP contribution < -0.4 is 5.32 Å². The van der Waals surface area contributed by atoms with E-state index in [4.69, 9.17) is 4.98 Å². The lowest BCUT2D eigenvalue weighted by Crippen LogP contribution is -2.42. The fourth-order valence-corrected chi connectivity index (χ4v) is 3.74. The standard InChI is InChI=1S/C12H20N4S/c1-15-5-2-10-11(8-15)17-12(14-10)9-16-6-3-13-4-7-16/h13H,2-9H2,1H3. The molecule has 0 aromatic carbocycles. The molecule has 0 bridgehead atoms. The van der Waals surface area contributed by atoms with Gasteiger partial charge in [-0.15, -0.1) is 11.3 Å². The van der Waals surface area contributed by atoms with Gasteiger partial charge in [0, 0.05) is 50.6 Å². The van der Waals surface area contributed by atoms with E-state index < -0.39 is 0 Å². The number of thiazole rings is 1. The van der Waals surface area contributed by atoms with Crippen molar-refractivity contribution in [3.63, 3.8) is 0 Å². The minimum absolute atomic E-state index is 1.04. The summed E-state index contributed by atoms with van der Waals surface area (Å²) in [5, 5.41) is 4.70. The predicted molar refractivity (Wildman–Crippen MR) is 70.3 cm³/mol. The quantitative estimate of drug-likeness (QED) is 0.832. The fraction of sp³-hybridized carbons (Fsp3) is 0.750. The van der Waals surface area contributed by atoms with E-state index in [1.165, 1.54) is 15.6 Å². The number of likely N-dealkylation sites (N-methyl/N-ethyl adjacent to an activating group) is 1. The first-order chi connectivity index (χ1) is 8.31. The second kappa shape index (κ2) is 5.02. The zero-order valence-electron chi connectivity index (χ0n) is 10.4. The van der Waals surface area contributed by atoms with Crippen LogP contribution >= 0.6 is 11.3 Å². The molecule has 1 aromatic heterocycles. The van der Waals surface area contributed by atoms with E-state index in [0.717, 1.165) is 52.2 Å². The van der Waals surface area contributed by atoms with Gasteiger partial charge in [-0.2, -0.15) is 0 Å². The van der Waals surface area contributed by atoms with E-state index in [2.05, 4.69) is 22.2 Å². The van der Waals surface area contributed by atoms with Crippen molar-refractivity contribution in [2.45, 2.75) is 19.5 Å². The zero-order valence-corrected chi connectivity index (χ0v) is 11.2. The van der Waals surface area contributed by atoms with Gasteiger partial charge in [-0.25, -0.2) is 4.98 Å². The van der Waals surface area contributed by atoms with E-state index in [1.54, 1.807) is 0 Å². The highest BCUT2D eigenvalue weighted by molar-refractivity contribution is 7.11. The molecule has 0 aliphatic carbocycles. The van der Waals surface area contributed by atoms with E-state index in [9.17, 15) is 0 Å². The third kappa shape index (κ3) is 2.68. The van der Waals surface area contributed by atoms with Gasteiger partial charge in [0.1, 0.15) is 5.01 Å². The van der Waals surface area contributed by atoms with Gasteiger partial charge in [0.25, 0.3) is 0 Å². The van der Waals surface area contributed by atoms with Gasteiger partial charge < -0.3 is 10.2 Å².